The highest BCUT2D eigenvalue weighted by Gasteiger charge is 2.23. The topological polar surface area (TPSA) is 37.3 Å². The molecule has 76 valence electrons. The standard InChI is InChI=1S/C12H16O2/c1-3-11(14)12(9(2)13)10-7-5-4-6-8-10/h4-9,12-13H,3H2,1-2H3/t9-,12+/m0/s1. The molecule has 0 saturated carbocycles. The third kappa shape index (κ3) is 2.42. The molecule has 2 atom stereocenters. The number of hydrogen-bond acceptors (Lipinski definition) is 2. The Bertz CT molecular complexity index is 290. The highest BCUT2D eigenvalue weighted by atomic mass is 16.3. The Morgan fingerprint density at radius 2 is 1.93 bits per heavy atom. The zero-order valence-corrected chi connectivity index (χ0v) is 8.60. The second kappa shape index (κ2) is 4.91. The van der Waals surface area contributed by atoms with Crippen LogP contribution in [0.15, 0.2) is 30.3 Å². The van der Waals surface area contributed by atoms with Gasteiger partial charge in [0.1, 0.15) is 5.78 Å². The van der Waals surface area contributed by atoms with Crippen LogP contribution in [0.1, 0.15) is 31.7 Å². The smallest absolute Gasteiger partial charge is 0.142 e. The van der Waals surface area contributed by atoms with Gasteiger partial charge in [0, 0.05) is 6.42 Å². The molecule has 0 aromatic heterocycles. The number of carbonyl (C=O) groups is 1. The van der Waals surface area contributed by atoms with Crippen LogP contribution >= 0.6 is 0 Å². The molecule has 0 amide bonds. The van der Waals surface area contributed by atoms with Crippen molar-refractivity contribution in [3.05, 3.63) is 35.9 Å². The summed E-state index contributed by atoms with van der Waals surface area (Å²) in [6.45, 7) is 3.48. The van der Waals surface area contributed by atoms with Gasteiger partial charge in [0.15, 0.2) is 0 Å². The van der Waals surface area contributed by atoms with Crippen LogP contribution in [0.2, 0.25) is 0 Å². The maximum atomic E-state index is 11.6. The molecule has 0 saturated heterocycles. The van der Waals surface area contributed by atoms with Crippen LogP contribution in [-0.2, 0) is 4.79 Å². The van der Waals surface area contributed by atoms with Crippen molar-refractivity contribution in [1.29, 1.82) is 0 Å². The molecular weight excluding hydrogens is 176 g/mol. The van der Waals surface area contributed by atoms with Gasteiger partial charge in [-0.2, -0.15) is 0 Å². The molecule has 1 aromatic rings. The molecule has 1 aromatic carbocycles. The molecule has 1 N–H and O–H groups in total. The molecule has 0 radical (unpaired) electrons. The zero-order valence-electron chi connectivity index (χ0n) is 8.60. The van der Waals surface area contributed by atoms with Gasteiger partial charge in [-0.25, -0.2) is 0 Å². The normalized spacial score (nSPS) is 14.8. The van der Waals surface area contributed by atoms with Crippen LogP contribution in [0, 0.1) is 0 Å². The number of Topliss-reactive ketones (excluding diaryl/α,β-unsaturated/α-hetero) is 1. The molecule has 2 nitrogen and oxygen atoms in total. The summed E-state index contributed by atoms with van der Waals surface area (Å²) in [6, 6.07) is 9.43. The fraction of sp³-hybridized carbons (Fsp3) is 0.417. The van der Waals surface area contributed by atoms with Crippen molar-refractivity contribution in [2.24, 2.45) is 0 Å². The van der Waals surface area contributed by atoms with Crippen molar-refractivity contribution in [2.75, 3.05) is 0 Å². The van der Waals surface area contributed by atoms with Crippen LogP contribution in [0.3, 0.4) is 0 Å². The van der Waals surface area contributed by atoms with Crippen molar-refractivity contribution >= 4 is 5.78 Å². The summed E-state index contributed by atoms with van der Waals surface area (Å²) in [5.74, 6) is -0.285. The monoisotopic (exact) mass is 192 g/mol. The van der Waals surface area contributed by atoms with Gasteiger partial charge in [-0.05, 0) is 12.5 Å². The third-order valence-corrected chi connectivity index (χ3v) is 2.34. The minimum absolute atomic E-state index is 0.0891. The Morgan fingerprint density at radius 3 is 2.36 bits per heavy atom. The van der Waals surface area contributed by atoms with E-state index in [0.29, 0.717) is 6.42 Å². The maximum absolute atomic E-state index is 11.6. The van der Waals surface area contributed by atoms with Gasteiger partial charge in [0.25, 0.3) is 0 Å². The lowest BCUT2D eigenvalue weighted by Crippen LogP contribution is -2.23. The predicted octanol–water partition coefficient (Wildman–Crippen LogP) is 2.13. The number of carbonyl (C=O) groups excluding carboxylic acids is 1. The van der Waals surface area contributed by atoms with Crippen LogP contribution < -0.4 is 0 Å². The second-order valence-corrected chi connectivity index (χ2v) is 3.45. The Balaban J connectivity index is 2.95. The molecule has 0 unspecified atom stereocenters. The van der Waals surface area contributed by atoms with Crippen LogP contribution in [-0.4, -0.2) is 17.0 Å². The van der Waals surface area contributed by atoms with Crippen molar-refractivity contribution in [3.63, 3.8) is 0 Å². The highest BCUT2D eigenvalue weighted by molar-refractivity contribution is 5.86. The summed E-state index contributed by atoms with van der Waals surface area (Å²) in [5, 5.41) is 9.55. The average Bonchev–Trinajstić information content (AvgIpc) is 2.19. The Morgan fingerprint density at radius 1 is 1.36 bits per heavy atom. The van der Waals surface area contributed by atoms with Crippen molar-refractivity contribution in [2.45, 2.75) is 32.3 Å². The third-order valence-electron chi connectivity index (χ3n) is 2.34. The van der Waals surface area contributed by atoms with E-state index in [1.54, 1.807) is 6.92 Å². The van der Waals surface area contributed by atoms with E-state index in [-0.39, 0.29) is 11.7 Å². The lowest BCUT2D eigenvalue weighted by Gasteiger charge is -2.18. The molecule has 1 rings (SSSR count). The van der Waals surface area contributed by atoms with Crippen LogP contribution in [0.25, 0.3) is 0 Å². The second-order valence-electron chi connectivity index (χ2n) is 3.45. The summed E-state index contributed by atoms with van der Waals surface area (Å²) in [5.41, 5.74) is 0.898. The maximum Gasteiger partial charge on any atom is 0.142 e. The first-order chi connectivity index (χ1) is 6.66. The lowest BCUT2D eigenvalue weighted by molar-refractivity contribution is -0.122. The van der Waals surface area contributed by atoms with E-state index in [2.05, 4.69) is 0 Å². The summed E-state index contributed by atoms with van der Waals surface area (Å²) < 4.78 is 0. The van der Waals surface area contributed by atoms with Gasteiger partial charge in [0.2, 0.25) is 0 Å². The van der Waals surface area contributed by atoms with E-state index >= 15 is 0 Å². The fourth-order valence-electron chi connectivity index (χ4n) is 1.61. The molecular formula is C12H16O2. The minimum atomic E-state index is -0.621. The zero-order chi connectivity index (χ0) is 10.6. The molecule has 0 fully saturated rings. The molecule has 0 aliphatic rings. The number of benzene rings is 1. The number of rotatable bonds is 4. The van der Waals surface area contributed by atoms with Crippen LogP contribution in [0.5, 0.6) is 0 Å². The van der Waals surface area contributed by atoms with E-state index in [1.165, 1.54) is 0 Å². The Hall–Kier alpha value is -1.15. The van der Waals surface area contributed by atoms with Crippen molar-refractivity contribution in [3.8, 4) is 0 Å². The van der Waals surface area contributed by atoms with Gasteiger partial charge in [-0.3, -0.25) is 4.79 Å². The van der Waals surface area contributed by atoms with Crippen LogP contribution in [0.4, 0.5) is 0 Å². The van der Waals surface area contributed by atoms with E-state index in [0.717, 1.165) is 5.56 Å². The lowest BCUT2D eigenvalue weighted by atomic mass is 9.89. The minimum Gasteiger partial charge on any atom is -0.392 e. The quantitative estimate of drug-likeness (QED) is 0.793. The largest absolute Gasteiger partial charge is 0.392 e. The SMILES string of the molecule is CCC(=O)[C@@H](c1ccccc1)[C@H](C)O. The first-order valence-corrected chi connectivity index (χ1v) is 4.92. The first kappa shape index (κ1) is 10.9. The molecule has 0 aliphatic carbocycles. The molecule has 0 spiro atoms. The number of hydrogen-bond donors (Lipinski definition) is 1. The van der Waals surface area contributed by atoms with E-state index in [4.69, 9.17) is 0 Å². The van der Waals surface area contributed by atoms with E-state index in [9.17, 15) is 9.90 Å². The Kier molecular flexibility index (Phi) is 3.84. The summed E-state index contributed by atoms with van der Waals surface area (Å²) in [4.78, 5) is 11.6. The molecule has 14 heavy (non-hydrogen) atoms. The number of ketones is 1. The molecule has 0 heterocycles. The van der Waals surface area contributed by atoms with Gasteiger partial charge in [-0.1, -0.05) is 37.3 Å². The van der Waals surface area contributed by atoms with E-state index < -0.39 is 6.10 Å². The summed E-state index contributed by atoms with van der Waals surface area (Å²) in [6.07, 6.45) is -0.158. The van der Waals surface area contributed by atoms with Gasteiger partial charge in [0.05, 0.1) is 12.0 Å². The molecule has 0 aliphatic heterocycles. The average molecular weight is 192 g/mol. The predicted molar refractivity (Wildman–Crippen MR) is 56.2 cm³/mol. The molecule has 0 bridgehead atoms. The van der Waals surface area contributed by atoms with Gasteiger partial charge in [-0.15, -0.1) is 0 Å². The molecule has 2 heteroatoms. The van der Waals surface area contributed by atoms with Crippen molar-refractivity contribution < 1.29 is 9.90 Å². The first-order valence-electron chi connectivity index (χ1n) is 4.92. The highest BCUT2D eigenvalue weighted by Crippen LogP contribution is 2.21. The summed E-state index contributed by atoms with van der Waals surface area (Å²) >= 11 is 0. The van der Waals surface area contributed by atoms with E-state index in [1.807, 2.05) is 37.3 Å². The van der Waals surface area contributed by atoms with Gasteiger partial charge >= 0.3 is 0 Å². The Labute approximate surface area is 84.6 Å². The number of aliphatic hydroxyl groups excluding tert-OH is 1. The number of aliphatic hydroxyl groups is 1. The summed E-state index contributed by atoms with van der Waals surface area (Å²) in [7, 11) is 0. The van der Waals surface area contributed by atoms with Crippen molar-refractivity contribution in [1.82, 2.24) is 0 Å². The fourth-order valence-corrected chi connectivity index (χ4v) is 1.61. The van der Waals surface area contributed by atoms with Gasteiger partial charge < -0.3 is 5.11 Å².